The first-order valence-corrected chi connectivity index (χ1v) is 5.85. The van der Waals surface area contributed by atoms with Gasteiger partial charge in [-0.15, -0.1) is 11.3 Å². The highest BCUT2D eigenvalue weighted by molar-refractivity contribution is 7.14. The van der Waals surface area contributed by atoms with Crippen molar-refractivity contribution in [2.75, 3.05) is 11.9 Å². The number of anilines is 1. The molecule has 1 heterocycles. The fourth-order valence-electron chi connectivity index (χ4n) is 1.43. The maximum atomic E-state index is 5.72. The molecule has 4 heteroatoms. The SMILES string of the molecule is CCC1(CNc2nc(Cl)cs2)CC1. The molecule has 1 aromatic rings. The zero-order valence-corrected chi connectivity index (χ0v) is 9.21. The third-order valence-corrected chi connectivity index (χ3v) is 3.92. The summed E-state index contributed by atoms with van der Waals surface area (Å²) in [5.74, 6) is 0. The first-order valence-electron chi connectivity index (χ1n) is 4.59. The molecule has 0 amide bonds. The van der Waals surface area contributed by atoms with E-state index in [9.17, 15) is 0 Å². The van der Waals surface area contributed by atoms with E-state index >= 15 is 0 Å². The van der Waals surface area contributed by atoms with Gasteiger partial charge in [0.2, 0.25) is 0 Å². The van der Waals surface area contributed by atoms with Gasteiger partial charge < -0.3 is 5.32 Å². The van der Waals surface area contributed by atoms with Crippen LogP contribution in [-0.2, 0) is 0 Å². The van der Waals surface area contributed by atoms with Crippen LogP contribution in [0.15, 0.2) is 5.38 Å². The molecule has 13 heavy (non-hydrogen) atoms. The maximum Gasteiger partial charge on any atom is 0.184 e. The molecule has 0 atom stereocenters. The van der Waals surface area contributed by atoms with Crippen LogP contribution in [0.4, 0.5) is 5.13 Å². The topological polar surface area (TPSA) is 24.9 Å². The first kappa shape index (κ1) is 9.28. The third-order valence-electron chi connectivity index (χ3n) is 2.80. The van der Waals surface area contributed by atoms with Crippen molar-refractivity contribution in [2.45, 2.75) is 26.2 Å². The van der Waals surface area contributed by atoms with Gasteiger partial charge in [-0.2, -0.15) is 0 Å². The molecule has 1 fully saturated rings. The lowest BCUT2D eigenvalue weighted by Gasteiger charge is -2.11. The molecular weight excluding hydrogens is 204 g/mol. The van der Waals surface area contributed by atoms with E-state index in [0.29, 0.717) is 10.6 Å². The summed E-state index contributed by atoms with van der Waals surface area (Å²) < 4.78 is 0. The van der Waals surface area contributed by atoms with Gasteiger partial charge in [0.25, 0.3) is 0 Å². The Bertz CT molecular complexity index is 294. The van der Waals surface area contributed by atoms with Crippen molar-refractivity contribution in [3.63, 3.8) is 0 Å². The molecule has 1 aliphatic rings. The Morgan fingerprint density at radius 2 is 2.46 bits per heavy atom. The third kappa shape index (κ3) is 2.15. The minimum atomic E-state index is 0.568. The van der Waals surface area contributed by atoms with Crippen LogP contribution >= 0.6 is 22.9 Å². The smallest absolute Gasteiger partial charge is 0.184 e. The van der Waals surface area contributed by atoms with Gasteiger partial charge in [0.15, 0.2) is 5.13 Å². The van der Waals surface area contributed by atoms with Crippen molar-refractivity contribution in [1.82, 2.24) is 4.98 Å². The monoisotopic (exact) mass is 216 g/mol. The number of thiazole rings is 1. The van der Waals surface area contributed by atoms with Crippen molar-refractivity contribution >= 4 is 28.1 Å². The lowest BCUT2D eigenvalue weighted by atomic mass is 10.0. The summed E-state index contributed by atoms with van der Waals surface area (Å²) in [5, 5.41) is 6.74. The van der Waals surface area contributed by atoms with Gasteiger partial charge in [0, 0.05) is 11.9 Å². The van der Waals surface area contributed by atoms with E-state index in [0.717, 1.165) is 11.7 Å². The molecule has 0 aliphatic heterocycles. The Hall–Kier alpha value is -0.280. The largest absolute Gasteiger partial charge is 0.361 e. The van der Waals surface area contributed by atoms with Crippen LogP contribution in [0.5, 0.6) is 0 Å². The first-order chi connectivity index (χ1) is 6.24. The molecular formula is C9H13ClN2S. The second kappa shape index (κ2) is 3.46. The van der Waals surface area contributed by atoms with E-state index in [-0.39, 0.29) is 0 Å². The van der Waals surface area contributed by atoms with E-state index < -0.39 is 0 Å². The van der Waals surface area contributed by atoms with E-state index in [1.54, 1.807) is 11.3 Å². The number of rotatable bonds is 4. The average Bonchev–Trinajstić information content (AvgIpc) is 2.81. The highest BCUT2D eigenvalue weighted by Crippen LogP contribution is 2.48. The highest BCUT2D eigenvalue weighted by atomic mass is 35.5. The van der Waals surface area contributed by atoms with Crippen LogP contribution in [0.25, 0.3) is 0 Å². The average molecular weight is 217 g/mol. The minimum Gasteiger partial charge on any atom is -0.361 e. The lowest BCUT2D eigenvalue weighted by molar-refractivity contribution is 0.521. The fourth-order valence-corrected chi connectivity index (χ4v) is 2.27. The predicted molar refractivity (Wildman–Crippen MR) is 57.6 cm³/mol. The highest BCUT2D eigenvalue weighted by Gasteiger charge is 2.40. The molecule has 1 N–H and O–H groups in total. The summed E-state index contributed by atoms with van der Waals surface area (Å²) in [4.78, 5) is 4.15. The molecule has 1 aliphatic carbocycles. The van der Waals surface area contributed by atoms with Gasteiger partial charge in [-0.1, -0.05) is 18.5 Å². The molecule has 2 nitrogen and oxygen atoms in total. The molecule has 1 saturated carbocycles. The summed E-state index contributed by atoms with van der Waals surface area (Å²) in [5.41, 5.74) is 0.568. The Balaban J connectivity index is 1.86. The number of nitrogens with zero attached hydrogens (tertiary/aromatic N) is 1. The standard InChI is InChI=1S/C9H13ClN2S/c1-2-9(3-4-9)6-11-8-12-7(10)5-13-8/h5H,2-4,6H2,1H3,(H,11,12). The Morgan fingerprint density at radius 3 is 2.92 bits per heavy atom. The van der Waals surface area contributed by atoms with Crippen molar-refractivity contribution < 1.29 is 0 Å². The minimum absolute atomic E-state index is 0.568. The van der Waals surface area contributed by atoms with E-state index in [4.69, 9.17) is 11.6 Å². The zero-order chi connectivity index (χ0) is 9.31. The summed E-state index contributed by atoms with van der Waals surface area (Å²) in [6.07, 6.45) is 3.98. The lowest BCUT2D eigenvalue weighted by Crippen LogP contribution is -2.14. The van der Waals surface area contributed by atoms with Crippen molar-refractivity contribution in [3.8, 4) is 0 Å². The molecule has 1 aromatic heterocycles. The molecule has 72 valence electrons. The van der Waals surface area contributed by atoms with Crippen LogP contribution in [0, 0.1) is 5.41 Å². The molecule has 0 saturated heterocycles. The van der Waals surface area contributed by atoms with Crippen molar-refractivity contribution in [3.05, 3.63) is 10.5 Å². The summed E-state index contributed by atoms with van der Waals surface area (Å²) in [6, 6.07) is 0. The fraction of sp³-hybridized carbons (Fsp3) is 0.667. The number of nitrogens with one attached hydrogen (secondary N) is 1. The number of halogens is 1. The van der Waals surface area contributed by atoms with Gasteiger partial charge in [-0.05, 0) is 24.7 Å². The van der Waals surface area contributed by atoms with Crippen LogP contribution < -0.4 is 5.32 Å². The normalized spacial score (nSPS) is 18.6. The van der Waals surface area contributed by atoms with E-state index in [1.807, 2.05) is 5.38 Å². The summed E-state index contributed by atoms with van der Waals surface area (Å²) >= 11 is 7.29. The Kier molecular flexibility index (Phi) is 2.47. The Morgan fingerprint density at radius 1 is 1.69 bits per heavy atom. The summed E-state index contributed by atoms with van der Waals surface area (Å²) in [7, 11) is 0. The second-order valence-corrected chi connectivity index (χ2v) is 4.93. The van der Waals surface area contributed by atoms with Crippen LogP contribution in [-0.4, -0.2) is 11.5 Å². The quantitative estimate of drug-likeness (QED) is 0.835. The number of hydrogen-bond acceptors (Lipinski definition) is 3. The van der Waals surface area contributed by atoms with Crippen LogP contribution in [0.2, 0.25) is 5.15 Å². The molecule has 0 unspecified atom stereocenters. The summed E-state index contributed by atoms with van der Waals surface area (Å²) in [6.45, 7) is 3.30. The van der Waals surface area contributed by atoms with Crippen LogP contribution in [0.3, 0.4) is 0 Å². The van der Waals surface area contributed by atoms with Gasteiger partial charge in [0.05, 0.1) is 0 Å². The number of aromatic nitrogens is 1. The van der Waals surface area contributed by atoms with Crippen molar-refractivity contribution in [1.29, 1.82) is 0 Å². The number of hydrogen-bond donors (Lipinski definition) is 1. The van der Waals surface area contributed by atoms with Crippen LogP contribution in [0.1, 0.15) is 26.2 Å². The molecule has 0 radical (unpaired) electrons. The van der Waals surface area contributed by atoms with Gasteiger partial charge in [-0.25, -0.2) is 4.98 Å². The predicted octanol–water partition coefficient (Wildman–Crippen LogP) is 3.40. The molecule has 0 bridgehead atoms. The van der Waals surface area contributed by atoms with Crippen molar-refractivity contribution in [2.24, 2.45) is 5.41 Å². The van der Waals surface area contributed by atoms with Gasteiger partial charge in [-0.3, -0.25) is 0 Å². The molecule has 0 aromatic carbocycles. The second-order valence-electron chi connectivity index (χ2n) is 3.68. The zero-order valence-electron chi connectivity index (χ0n) is 7.64. The maximum absolute atomic E-state index is 5.72. The van der Waals surface area contributed by atoms with Gasteiger partial charge in [0.1, 0.15) is 5.15 Å². The molecule has 0 spiro atoms. The van der Waals surface area contributed by atoms with E-state index in [2.05, 4.69) is 17.2 Å². The van der Waals surface area contributed by atoms with Gasteiger partial charge >= 0.3 is 0 Å². The Labute approximate surface area is 87.3 Å². The molecule has 2 rings (SSSR count). The van der Waals surface area contributed by atoms with E-state index in [1.165, 1.54) is 19.3 Å².